The highest BCUT2D eigenvalue weighted by atomic mass is 16.5. The summed E-state index contributed by atoms with van der Waals surface area (Å²) in [5.74, 6) is 1.80. The van der Waals surface area contributed by atoms with E-state index >= 15 is 0 Å². The number of ether oxygens (including phenoxy) is 1. The molecule has 1 heterocycles. The molecule has 0 aromatic heterocycles. The van der Waals surface area contributed by atoms with E-state index in [2.05, 4.69) is 18.7 Å². The number of piperidine rings is 1. The third kappa shape index (κ3) is 3.95. The molecule has 106 valence electrons. The van der Waals surface area contributed by atoms with Gasteiger partial charge in [-0.25, -0.2) is 0 Å². The lowest BCUT2D eigenvalue weighted by Gasteiger charge is -2.36. The minimum absolute atomic E-state index is 0.536. The van der Waals surface area contributed by atoms with E-state index in [0.29, 0.717) is 12.6 Å². The number of para-hydroxylation sites is 1. The van der Waals surface area contributed by atoms with Crippen LogP contribution in [0.3, 0.4) is 0 Å². The van der Waals surface area contributed by atoms with Crippen LogP contribution in [0.5, 0.6) is 5.75 Å². The van der Waals surface area contributed by atoms with Gasteiger partial charge in [-0.1, -0.05) is 25.1 Å². The standard InChI is InChI=1S/C16H26N2O/c1-13-7-8-18(14(2)11-13)9-10-19-16-6-4-3-5-15(16)12-17/h3-6,13-14H,7-12,17H2,1-2H3. The van der Waals surface area contributed by atoms with E-state index in [0.717, 1.165) is 30.4 Å². The molecule has 2 N–H and O–H groups in total. The van der Waals surface area contributed by atoms with Gasteiger partial charge < -0.3 is 10.5 Å². The van der Waals surface area contributed by atoms with Gasteiger partial charge in [0.15, 0.2) is 0 Å². The van der Waals surface area contributed by atoms with Crippen molar-refractivity contribution in [3.05, 3.63) is 29.8 Å². The average molecular weight is 262 g/mol. The second kappa shape index (κ2) is 6.92. The number of hydrogen-bond acceptors (Lipinski definition) is 3. The predicted octanol–water partition coefficient (Wildman–Crippen LogP) is 2.64. The van der Waals surface area contributed by atoms with Crippen molar-refractivity contribution in [3.8, 4) is 5.75 Å². The summed E-state index contributed by atoms with van der Waals surface area (Å²) >= 11 is 0. The van der Waals surface area contributed by atoms with Crippen molar-refractivity contribution >= 4 is 0 Å². The van der Waals surface area contributed by atoms with Crippen LogP contribution in [-0.2, 0) is 6.54 Å². The number of benzene rings is 1. The van der Waals surface area contributed by atoms with Crippen LogP contribution in [0.15, 0.2) is 24.3 Å². The Morgan fingerprint density at radius 3 is 2.84 bits per heavy atom. The van der Waals surface area contributed by atoms with Gasteiger partial charge in [0.05, 0.1) is 0 Å². The highest BCUT2D eigenvalue weighted by Gasteiger charge is 2.22. The molecule has 2 rings (SSSR count). The van der Waals surface area contributed by atoms with Crippen molar-refractivity contribution < 1.29 is 4.74 Å². The third-order valence-corrected chi connectivity index (χ3v) is 4.10. The molecule has 0 bridgehead atoms. The summed E-state index contributed by atoms with van der Waals surface area (Å²) in [5, 5.41) is 0. The van der Waals surface area contributed by atoms with Crippen molar-refractivity contribution in [1.29, 1.82) is 0 Å². The first-order valence-corrected chi connectivity index (χ1v) is 7.35. The lowest BCUT2D eigenvalue weighted by atomic mass is 9.93. The number of hydrogen-bond donors (Lipinski definition) is 1. The number of nitrogens with two attached hydrogens (primary N) is 1. The zero-order valence-corrected chi connectivity index (χ0v) is 12.1. The molecular formula is C16H26N2O. The smallest absolute Gasteiger partial charge is 0.123 e. The fourth-order valence-corrected chi connectivity index (χ4v) is 2.87. The van der Waals surface area contributed by atoms with Crippen LogP contribution in [0.4, 0.5) is 0 Å². The fourth-order valence-electron chi connectivity index (χ4n) is 2.87. The second-order valence-electron chi connectivity index (χ2n) is 5.67. The summed E-state index contributed by atoms with van der Waals surface area (Å²) in [6, 6.07) is 8.71. The molecule has 2 atom stereocenters. The van der Waals surface area contributed by atoms with E-state index < -0.39 is 0 Å². The van der Waals surface area contributed by atoms with Gasteiger partial charge in [-0.15, -0.1) is 0 Å². The molecular weight excluding hydrogens is 236 g/mol. The second-order valence-corrected chi connectivity index (χ2v) is 5.67. The van der Waals surface area contributed by atoms with Gasteiger partial charge in [-0.3, -0.25) is 4.90 Å². The molecule has 1 aliphatic rings. The Labute approximate surface area is 116 Å². The van der Waals surface area contributed by atoms with Crippen LogP contribution < -0.4 is 10.5 Å². The van der Waals surface area contributed by atoms with Gasteiger partial charge in [0.1, 0.15) is 12.4 Å². The average Bonchev–Trinajstić information content (AvgIpc) is 2.42. The van der Waals surface area contributed by atoms with Gasteiger partial charge in [0.2, 0.25) is 0 Å². The van der Waals surface area contributed by atoms with Crippen LogP contribution in [-0.4, -0.2) is 30.6 Å². The van der Waals surface area contributed by atoms with E-state index in [4.69, 9.17) is 10.5 Å². The molecule has 3 heteroatoms. The Hall–Kier alpha value is -1.06. The summed E-state index contributed by atoms with van der Waals surface area (Å²) in [5.41, 5.74) is 6.80. The minimum Gasteiger partial charge on any atom is -0.492 e. The molecule has 1 aromatic rings. The normalized spacial score (nSPS) is 24.4. The molecule has 0 spiro atoms. The first-order valence-electron chi connectivity index (χ1n) is 7.35. The first-order chi connectivity index (χ1) is 9.20. The number of likely N-dealkylation sites (tertiary alicyclic amines) is 1. The molecule has 2 unspecified atom stereocenters. The lowest BCUT2D eigenvalue weighted by molar-refractivity contribution is 0.109. The van der Waals surface area contributed by atoms with Gasteiger partial charge in [0.25, 0.3) is 0 Å². The quantitative estimate of drug-likeness (QED) is 0.886. The van der Waals surface area contributed by atoms with Crippen LogP contribution in [0.1, 0.15) is 32.3 Å². The highest BCUT2D eigenvalue weighted by molar-refractivity contribution is 5.32. The van der Waals surface area contributed by atoms with Gasteiger partial charge in [-0.2, -0.15) is 0 Å². The van der Waals surface area contributed by atoms with E-state index in [1.54, 1.807) is 0 Å². The van der Waals surface area contributed by atoms with E-state index in [1.165, 1.54) is 19.4 Å². The third-order valence-electron chi connectivity index (χ3n) is 4.10. The molecule has 1 fully saturated rings. The van der Waals surface area contributed by atoms with Crippen molar-refractivity contribution in [2.45, 2.75) is 39.3 Å². The van der Waals surface area contributed by atoms with Crippen LogP contribution in [0.25, 0.3) is 0 Å². The zero-order chi connectivity index (χ0) is 13.7. The van der Waals surface area contributed by atoms with Gasteiger partial charge in [-0.05, 0) is 38.3 Å². The molecule has 0 saturated carbocycles. The summed E-state index contributed by atoms with van der Waals surface area (Å²) < 4.78 is 5.88. The van der Waals surface area contributed by atoms with Gasteiger partial charge >= 0.3 is 0 Å². The largest absolute Gasteiger partial charge is 0.492 e. The molecule has 1 aromatic carbocycles. The molecule has 0 aliphatic carbocycles. The van der Waals surface area contributed by atoms with E-state index in [-0.39, 0.29) is 0 Å². The fraction of sp³-hybridized carbons (Fsp3) is 0.625. The van der Waals surface area contributed by atoms with Crippen molar-refractivity contribution in [3.63, 3.8) is 0 Å². The zero-order valence-electron chi connectivity index (χ0n) is 12.1. The molecule has 19 heavy (non-hydrogen) atoms. The maximum atomic E-state index is 5.88. The summed E-state index contributed by atoms with van der Waals surface area (Å²) in [7, 11) is 0. The Bertz CT molecular complexity index is 394. The van der Waals surface area contributed by atoms with Crippen LogP contribution in [0, 0.1) is 5.92 Å². The summed E-state index contributed by atoms with van der Waals surface area (Å²) in [6.45, 7) is 8.16. The Balaban J connectivity index is 1.80. The van der Waals surface area contributed by atoms with Gasteiger partial charge in [0, 0.05) is 24.7 Å². The summed E-state index contributed by atoms with van der Waals surface area (Å²) in [6.07, 6.45) is 2.61. The SMILES string of the molecule is CC1CCN(CCOc2ccccc2CN)C(C)C1. The summed E-state index contributed by atoms with van der Waals surface area (Å²) in [4.78, 5) is 2.53. The Morgan fingerprint density at radius 1 is 1.32 bits per heavy atom. The molecule has 1 aliphatic heterocycles. The van der Waals surface area contributed by atoms with Crippen LogP contribution >= 0.6 is 0 Å². The van der Waals surface area contributed by atoms with Crippen molar-refractivity contribution in [2.24, 2.45) is 11.7 Å². The molecule has 0 radical (unpaired) electrons. The minimum atomic E-state index is 0.536. The first kappa shape index (κ1) is 14.4. The van der Waals surface area contributed by atoms with Crippen LogP contribution in [0.2, 0.25) is 0 Å². The van der Waals surface area contributed by atoms with Crippen molar-refractivity contribution in [2.75, 3.05) is 19.7 Å². The monoisotopic (exact) mass is 262 g/mol. The van der Waals surface area contributed by atoms with E-state index in [9.17, 15) is 0 Å². The Morgan fingerprint density at radius 2 is 2.11 bits per heavy atom. The van der Waals surface area contributed by atoms with Crippen molar-refractivity contribution in [1.82, 2.24) is 4.90 Å². The number of rotatable bonds is 5. The number of nitrogens with zero attached hydrogens (tertiary/aromatic N) is 1. The predicted molar refractivity (Wildman–Crippen MR) is 79.3 cm³/mol. The lowest BCUT2D eigenvalue weighted by Crippen LogP contribution is -2.42. The topological polar surface area (TPSA) is 38.5 Å². The highest BCUT2D eigenvalue weighted by Crippen LogP contribution is 2.22. The van der Waals surface area contributed by atoms with E-state index in [1.807, 2.05) is 24.3 Å². The molecule has 1 saturated heterocycles. The maximum Gasteiger partial charge on any atom is 0.123 e. The maximum absolute atomic E-state index is 5.88. The molecule has 0 amide bonds. The Kier molecular flexibility index (Phi) is 5.23. The molecule has 3 nitrogen and oxygen atoms in total.